The van der Waals surface area contributed by atoms with Crippen LogP contribution in [0.3, 0.4) is 0 Å². The molecule has 2 aromatic carbocycles. The maximum atomic E-state index is 13.7. The second kappa shape index (κ2) is 14.4. The number of hydrogen-bond donors (Lipinski definition) is 1. The maximum Gasteiger partial charge on any atom is 0.309 e. The monoisotopic (exact) mass is 548 g/mol. The molecule has 0 bridgehead atoms. The number of carboxylic acids is 1. The van der Waals surface area contributed by atoms with Gasteiger partial charge in [-0.1, -0.05) is 88.4 Å². The highest BCUT2D eigenvalue weighted by Crippen LogP contribution is 2.39. The highest BCUT2D eigenvalue weighted by atomic mass is 16.5. The largest absolute Gasteiger partial charge is 0.481 e. The molecule has 0 fully saturated rings. The Morgan fingerprint density at radius 1 is 0.800 bits per heavy atom. The van der Waals surface area contributed by atoms with Gasteiger partial charge in [0.25, 0.3) is 0 Å². The van der Waals surface area contributed by atoms with Crippen molar-refractivity contribution < 1.29 is 29.0 Å². The SMILES string of the molecule is CCCCC(C)(CCC[C@H](CCCC(CCC)C(=O)OC)c1cccc2c1C(=O)c1ccccc1C2=O)C(=O)O. The molecule has 6 nitrogen and oxygen atoms in total. The second-order valence-electron chi connectivity index (χ2n) is 11.5. The van der Waals surface area contributed by atoms with Crippen LogP contribution in [-0.2, 0) is 14.3 Å². The third-order valence-corrected chi connectivity index (χ3v) is 8.58. The van der Waals surface area contributed by atoms with Crippen molar-refractivity contribution in [2.45, 2.75) is 97.3 Å². The van der Waals surface area contributed by atoms with Crippen molar-refractivity contribution in [1.82, 2.24) is 0 Å². The zero-order valence-electron chi connectivity index (χ0n) is 24.5. The number of unbranched alkanes of at least 4 members (excludes halogenated alkanes) is 1. The quantitative estimate of drug-likeness (QED) is 0.184. The van der Waals surface area contributed by atoms with Crippen LogP contribution in [0.4, 0.5) is 0 Å². The first-order valence-electron chi connectivity index (χ1n) is 14.8. The highest BCUT2D eigenvalue weighted by Gasteiger charge is 2.35. The van der Waals surface area contributed by atoms with Crippen molar-refractivity contribution in [2.24, 2.45) is 11.3 Å². The van der Waals surface area contributed by atoms with Gasteiger partial charge in [-0.3, -0.25) is 19.2 Å². The highest BCUT2D eigenvalue weighted by molar-refractivity contribution is 6.28. The Balaban J connectivity index is 1.90. The van der Waals surface area contributed by atoms with Gasteiger partial charge in [-0.25, -0.2) is 0 Å². The lowest BCUT2D eigenvalue weighted by Crippen LogP contribution is -2.28. The third-order valence-electron chi connectivity index (χ3n) is 8.58. The standard InChI is InChI=1S/C34H44O6/c1-5-7-21-34(3,33(38)39)22-12-16-23(14-10-15-24(13-6-2)32(37)40-4)25-19-11-20-28-29(25)31(36)27-18-9-8-17-26(27)30(28)35/h8-9,11,17-20,23-24H,5-7,10,12-16,21-22H2,1-4H3,(H,38,39)/t23-,24?,34?/m0/s1. The van der Waals surface area contributed by atoms with Gasteiger partial charge in [0.05, 0.1) is 18.4 Å². The predicted molar refractivity (Wildman–Crippen MR) is 156 cm³/mol. The molecule has 3 rings (SSSR count). The van der Waals surface area contributed by atoms with E-state index in [0.717, 1.165) is 44.1 Å². The lowest BCUT2D eigenvalue weighted by Gasteiger charge is -2.28. The van der Waals surface area contributed by atoms with Crippen molar-refractivity contribution in [3.8, 4) is 0 Å². The Morgan fingerprint density at radius 3 is 2.05 bits per heavy atom. The van der Waals surface area contributed by atoms with Gasteiger partial charge in [0.1, 0.15) is 0 Å². The summed E-state index contributed by atoms with van der Waals surface area (Å²) < 4.78 is 5.02. The van der Waals surface area contributed by atoms with Crippen LogP contribution < -0.4 is 0 Å². The molecular formula is C34H44O6. The minimum atomic E-state index is -0.793. The van der Waals surface area contributed by atoms with E-state index in [2.05, 4.69) is 6.92 Å². The number of rotatable bonds is 16. The van der Waals surface area contributed by atoms with E-state index in [9.17, 15) is 24.3 Å². The molecule has 0 aliphatic heterocycles. The molecule has 40 heavy (non-hydrogen) atoms. The molecule has 0 amide bonds. The van der Waals surface area contributed by atoms with Crippen molar-refractivity contribution in [3.05, 3.63) is 70.3 Å². The molecular weight excluding hydrogens is 504 g/mol. The zero-order chi connectivity index (χ0) is 29.3. The molecule has 1 aliphatic rings. The van der Waals surface area contributed by atoms with E-state index in [1.54, 1.807) is 30.3 Å². The van der Waals surface area contributed by atoms with Crippen molar-refractivity contribution in [3.63, 3.8) is 0 Å². The molecule has 0 saturated heterocycles. The first kappa shape index (κ1) is 31.3. The Morgan fingerprint density at radius 2 is 1.43 bits per heavy atom. The number of carboxylic acid groups (broad SMARTS) is 1. The number of esters is 1. The number of methoxy groups -OCH3 is 1. The smallest absolute Gasteiger partial charge is 0.309 e. The minimum Gasteiger partial charge on any atom is -0.481 e. The van der Waals surface area contributed by atoms with Gasteiger partial charge in [-0.05, 0) is 56.9 Å². The molecule has 2 aromatic rings. The molecule has 0 radical (unpaired) electrons. The van der Waals surface area contributed by atoms with Crippen LogP contribution in [-0.4, -0.2) is 35.7 Å². The number of fused-ring (bicyclic) bond motifs is 2. The summed E-state index contributed by atoms with van der Waals surface area (Å²) in [6.45, 7) is 5.94. The Hall–Kier alpha value is -3.28. The first-order valence-corrected chi connectivity index (χ1v) is 14.8. The molecule has 0 heterocycles. The van der Waals surface area contributed by atoms with Crippen LogP contribution in [0.2, 0.25) is 0 Å². The fraction of sp³-hybridized carbons (Fsp3) is 0.529. The molecule has 1 aliphatic carbocycles. The van der Waals surface area contributed by atoms with E-state index in [1.165, 1.54) is 7.11 Å². The van der Waals surface area contributed by atoms with Crippen molar-refractivity contribution in [2.75, 3.05) is 7.11 Å². The summed E-state index contributed by atoms with van der Waals surface area (Å²) in [4.78, 5) is 51.5. The number of ketones is 2. The average Bonchev–Trinajstić information content (AvgIpc) is 2.96. The number of ether oxygens (including phenoxy) is 1. The van der Waals surface area contributed by atoms with Gasteiger partial charge in [-0.2, -0.15) is 0 Å². The van der Waals surface area contributed by atoms with Crippen molar-refractivity contribution in [1.29, 1.82) is 0 Å². The summed E-state index contributed by atoms with van der Waals surface area (Å²) >= 11 is 0. The van der Waals surface area contributed by atoms with Crippen LogP contribution >= 0.6 is 0 Å². The lowest BCUT2D eigenvalue weighted by molar-refractivity contribution is -0.149. The summed E-state index contributed by atoms with van der Waals surface area (Å²) in [6.07, 6.45) is 8.20. The van der Waals surface area contributed by atoms with Gasteiger partial charge < -0.3 is 9.84 Å². The average molecular weight is 549 g/mol. The normalized spacial score (nSPS) is 15.5. The van der Waals surface area contributed by atoms with E-state index >= 15 is 0 Å². The van der Waals surface area contributed by atoms with Gasteiger partial charge in [0, 0.05) is 22.3 Å². The predicted octanol–water partition coefficient (Wildman–Crippen LogP) is 7.76. The van der Waals surface area contributed by atoms with E-state index in [-0.39, 0.29) is 29.4 Å². The van der Waals surface area contributed by atoms with Crippen LogP contribution in [0.5, 0.6) is 0 Å². The zero-order valence-corrected chi connectivity index (χ0v) is 24.5. The molecule has 2 unspecified atom stereocenters. The fourth-order valence-corrected chi connectivity index (χ4v) is 6.12. The molecule has 0 spiro atoms. The van der Waals surface area contributed by atoms with Gasteiger partial charge in [0.15, 0.2) is 11.6 Å². The van der Waals surface area contributed by atoms with Gasteiger partial charge in [0.2, 0.25) is 0 Å². The summed E-state index contributed by atoms with van der Waals surface area (Å²) in [5, 5.41) is 9.96. The molecule has 3 atom stereocenters. The van der Waals surface area contributed by atoms with Crippen molar-refractivity contribution >= 4 is 23.5 Å². The fourth-order valence-electron chi connectivity index (χ4n) is 6.12. The number of hydrogen-bond acceptors (Lipinski definition) is 5. The lowest BCUT2D eigenvalue weighted by atomic mass is 9.75. The van der Waals surface area contributed by atoms with Crippen LogP contribution in [0.25, 0.3) is 0 Å². The van der Waals surface area contributed by atoms with Gasteiger partial charge >= 0.3 is 11.9 Å². The molecule has 6 heteroatoms. The van der Waals surface area contributed by atoms with E-state index in [0.29, 0.717) is 54.4 Å². The number of carbonyl (C=O) groups is 4. The summed E-state index contributed by atoms with van der Waals surface area (Å²) in [6, 6.07) is 12.5. The summed E-state index contributed by atoms with van der Waals surface area (Å²) in [5.74, 6) is -1.45. The Kier molecular flexibility index (Phi) is 11.2. The number of aliphatic carboxylic acids is 1. The number of benzene rings is 2. The summed E-state index contributed by atoms with van der Waals surface area (Å²) in [7, 11) is 1.42. The van der Waals surface area contributed by atoms with E-state index in [1.807, 2.05) is 26.0 Å². The minimum absolute atomic E-state index is 0.0406. The second-order valence-corrected chi connectivity index (χ2v) is 11.5. The van der Waals surface area contributed by atoms with E-state index < -0.39 is 11.4 Å². The van der Waals surface area contributed by atoms with Crippen LogP contribution in [0, 0.1) is 11.3 Å². The van der Waals surface area contributed by atoms with Crippen LogP contribution in [0.15, 0.2) is 42.5 Å². The summed E-state index contributed by atoms with van der Waals surface area (Å²) in [5.41, 5.74) is 1.82. The maximum absolute atomic E-state index is 13.7. The Bertz CT molecular complexity index is 1210. The number of carbonyl (C=O) groups excluding carboxylic acids is 3. The molecule has 1 N–H and O–H groups in total. The molecule has 0 saturated carbocycles. The Labute approximate surface area is 238 Å². The third kappa shape index (κ3) is 7.07. The first-order chi connectivity index (χ1) is 19.2. The van der Waals surface area contributed by atoms with Gasteiger partial charge in [-0.15, -0.1) is 0 Å². The van der Waals surface area contributed by atoms with E-state index in [4.69, 9.17) is 4.74 Å². The molecule has 216 valence electrons. The molecule has 0 aromatic heterocycles. The van der Waals surface area contributed by atoms with Crippen LogP contribution in [0.1, 0.15) is 135 Å². The topological polar surface area (TPSA) is 97.7 Å².